The van der Waals surface area contributed by atoms with Gasteiger partial charge in [-0.25, -0.2) is 18.0 Å². The molecule has 1 saturated heterocycles. The summed E-state index contributed by atoms with van der Waals surface area (Å²) >= 11 is 0. The van der Waals surface area contributed by atoms with Gasteiger partial charge in [-0.2, -0.15) is 13.2 Å². The first-order chi connectivity index (χ1) is 17.3. The Bertz CT molecular complexity index is 1550. The van der Waals surface area contributed by atoms with E-state index in [1.165, 1.54) is 18.2 Å². The summed E-state index contributed by atoms with van der Waals surface area (Å²) in [6.07, 6.45) is -3.84. The molecule has 2 atom stereocenters. The zero-order valence-corrected chi connectivity index (χ0v) is 20.3. The third-order valence-corrected chi connectivity index (χ3v) is 8.55. The second kappa shape index (κ2) is 8.24. The van der Waals surface area contributed by atoms with E-state index in [1.54, 1.807) is 25.1 Å². The molecule has 3 aromatic rings. The summed E-state index contributed by atoms with van der Waals surface area (Å²) in [4.78, 5) is 3.01. The smallest absolute Gasteiger partial charge is 0.407 e. The van der Waals surface area contributed by atoms with Crippen LogP contribution in [0.1, 0.15) is 42.9 Å². The second-order valence-corrected chi connectivity index (χ2v) is 11.1. The fourth-order valence-corrected chi connectivity index (χ4v) is 6.46. The van der Waals surface area contributed by atoms with Crippen molar-refractivity contribution in [3.05, 3.63) is 76.6 Å². The lowest BCUT2D eigenvalue weighted by Gasteiger charge is -2.26. The van der Waals surface area contributed by atoms with Crippen molar-refractivity contribution >= 4 is 15.7 Å². The molecule has 37 heavy (non-hydrogen) atoms. The van der Waals surface area contributed by atoms with Gasteiger partial charge in [0.15, 0.2) is 5.69 Å². The maximum atomic E-state index is 13.6. The van der Waals surface area contributed by atoms with Crippen molar-refractivity contribution in [2.45, 2.75) is 48.5 Å². The van der Waals surface area contributed by atoms with Crippen molar-refractivity contribution in [3.63, 3.8) is 0 Å². The van der Waals surface area contributed by atoms with E-state index in [1.807, 2.05) is 0 Å². The predicted octanol–water partition coefficient (Wildman–Crippen LogP) is 5.06. The topological polar surface area (TPSA) is 105 Å². The molecule has 3 N–H and O–H groups in total. The molecular weight excluding hydrogens is 511 g/mol. The van der Waals surface area contributed by atoms with Crippen molar-refractivity contribution in [2.24, 2.45) is 0 Å². The number of halogens is 3. The maximum Gasteiger partial charge on any atom is 0.407 e. The van der Waals surface area contributed by atoms with Crippen molar-refractivity contribution < 1.29 is 36.5 Å². The number of nitrogens with zero attached hydrogens (tertiary/aromatic N) is 2. The Kier molecular flexibility index (Phi) is 5.60. The normalized spacial score (nSPS) is 22.7. The number of benzene rings is 2. The van der Waals surface area contributed by atoms with E-state index in [2.05, 4.69) is 9.57 Å². The summed E-state index contributed by atoms with van der Waals surface area (Å²) in [6.45, 7) is 8.70. The molecule has 0 spiro atoms. The van der Waals surface area contributed by atoms with Crippen LogP contribution in [-0.2, 0) is 32.1 Å². The van der Waals surface area contributed by atoms with Gasteiger partial charge in [-0.05, 0) is 50.5 Å². The quantitative estimate of drug-likeness (QED) is 0.384. The molecule has 1 aromatic heterocycles. The van der Waals surface area contributed by atoms with E-state index in [9.17, 15) is 31.8 Å². The molecule has 2 bridgehead atoms. The average molecular weight is 534 g/mol. The number of hydrogen-bond acceptors (Lipinski definition) is 5. The molecule has 2 unspecified atom stereocenters. The summed E-state index contributed by atoms with van der Waals surface area (Å²) in [5.74, 6) is -0.962. The number of hydrogen-bond donors (Lipinski definition) is 3. The van der Waals surface area contributed by atoms with E-state index in [-0.39, 0.29) is 34.7 Å². The highest BCUT2D eigenvalue weighted by Gasteiger charge is 2.61. The van der Waals surface area contributed by atoms with Crippen molar-refractivity contribution in [1.82, 2.24) is 9.29 Å². The molecule has 5 rings (SSSR count). The van der Waals surface area contributed by atoms with E-state index >= 15 is 0 Å². The Morgan fingerprint density at radius 3 is 2.43 bits per heavy atom. The highest BCUT2D eigenvalue weighted by molar-refractivity contribution is 7.89. The van der Waals surface area contributed by atoms with Crippen molar-refractivity contribution in [1.29, 1.82) is 0 Å². The lowest BCUT2D eigenvalue weighted by molar-refractivity contribution is -0.136. The first kappa shape index (κ1) is 25.1. The maximum absolute atomic E-state index is 13.6. The van der Waals surface area contributed by atoms with Gasteiger partial charge in [0, 0.05) is 6.54 Å². The largest absolute Gasteiger partial charge is 0.494 e. The van der Waals surface area contributed by atoms with Crippen LogP contribution in [0.5, 0.6) is 11.8 Å². The van der Waals surface area contributed by atoms with E-state index in [0.29, 0.717) is 18.9 Å². The molecule has 194 valence electrons. The van der Waals surface area contributed by atoms with Crippen molar-refractivity contribution in [2.75, 3.05) is 6.54 Å². The zero-order chi connectivity index (χ0) is 26.8. The van der Waals surface area contributed by atoms with E-state index in [4.69, 9.17) is 11.3 Å². The Labute approximate surface area is 210 Å². The van der Waals surface area contributed by atoms with Gasteiger partial charge in [0.25, 0.3) is 0 Å². The highest BCUT2D eigenvalue weighted by atomic mass is 32.2. The number of aromatic nitrogens is 1. The SMILES string of the molecule is [C-]#[N+]c1ccc(-n2c(O)c3c(c2O)C2(CCNS(=O)(=O)c4ccccc4)CCC3(C)O2)cc1C(F)(F)F. The Balaban J connectivity index is 1.52. The van der Waals surface area contributed by atoms with Crippen LogP contribution in [-0.4, -0.2) is 29.7 Å². The van der Waals surface area contributed by atoms with Crippen LogP contribution in [0.3, 0.4) is 0 Å². The molecule has 0 radical (unpaired) electrons. The van der Waals surface area contributed by atoms with Crippen LogP contribution in [0, 0.1) is 6.57 Å². The lowest BCUT2D eigenvalue weighted by Crippen LogP contribution is -2.32. The van der Waals surface area contributed by atoms with Gasteiger partial charge in [0.1, 0.15) is 5.60 Å². The molecule has 0 aliphatic carbocycles. The minimum atomic E-state index is -4.82. The monoisotopic (exact) mass is 533 g/mol. The van der Waals surface area contributed by atoms with Gasteiger partial charge < -0.3 is 14.9 Å². The lowest BCUT2D eigenvalue weighted by atomic mass is 9.78. The van der Waals surface area contributed by atoms with Gasteiger partial charge in [0.2, 0.25) is 21.8 Å². The number of nitrogens with one attached hydrogen (secondary N) is 1. The molecule has 2 aliphatic rings. The molecule has 8 nitrogen and oxygen atoms in total. The van der Waals surface area contributed by atoms with Crippen LogP contribution in [0.25, 0.3) is 10.5 Å². The standard InChI is InChI=1S/C25H22F3N3O5S/c1-23-10-11-24(36-23,12-13-30-37(34,35)16-6-4-3-5-7-16)20-19(23)21(32)31(22(20)33)15-8-9-18(29-2)17(14-15)25(26,27)28/h3-9,14,30,32-33H,10-13H2,1H3. The first-order valence-corrected chi connectivity index (χ1v) is 12.8. The van der Waals surface area contributed by atoms with E-state index in [0.717, 1.165) is 10.6 Å². The van der Waals surface area contributed by atoms with Gasteiger partial charge >= 0.3 is 6.18 Å². The summed E-state index contributed by atoms with van der Waals surface area (Å²) < 4.78 is 75.6. The fraction of sp³-hybridized carbons (Fsp3) is 0.320. The molecule has 2 aliphatic heterocycles. The second-order valence-electron chi connectivity index (χ2n) is 9.33. The Hall–Kier alpha value is -3.53. The van der Waals surface area contributed by atoms with Crippen LogP contribution in [0.2, 0.25) is 0 Å². The summed E-state index contributed by atoms with van der Waals surface area (Å²) in [5.41, 5.74) is -3.67. The van der Waals surface area contributed by atoms with Crippen LogP contribution in [0.15, 0.2) is 53.4 Å². The van der Waals surface area contributed by atoms with Crippen LogP contribution < -0.4 is 4.72 Å². The van der Waals surface area contributed by atoms with Crippen LogP contribution >= 0.6 is 0 Å². The summed E-state index contributed by atoms with van der Waals surface area (Å²) in [5, 5.41) is 22.3. The number of ether oxygens (including phenoxy) is 1. The number of sulfonamides is 1. The van der Waals surface area contributed by atoms with Gasteiger partial charge in [-0.3, -0.25) is 4.57 Å². The number of aromatic hydroxyl groups is 2. The number of alkyl halides is 3. The molecule has 1 fully saturated rings. The first-order valence-electron chi connectivity index (χ1n) is 11.3. The average Bonchev–Trinajstić information content (AvgIpc) is 3.43. The number of rotatable bonds is 6. The molecular formula is C25H22F3N3O5S. The van der Waals surface area contributed by atoms with Crippen LogP contribution in [0.4, 0.5) is 18.9 Å². The third kappa shape index (κ3) is 3.85. The third-order valence-electron chi connectivity index (χ3n) is 7.07. The molecule has 12 heteroatoms. The number of fused-ring (bicyclic) bond motifs is 5. The van der Waals surface area contributed by atoms with Gasteiger partial charge in [-0.1, -0.05) is 24.3 Å². The molecule has 0 saturated carbocycles. The minimum Gasteiger partial charge on any atom is -0.494 e. The van der Waals surface area contributed by atoms with Gasteiger partial charge in [0.05, 0.1) is 39.4 Å². The molecule has 3 heterocycles. The molecule has 2 aromatic carbocycles. The highest BCUT2D eigenvalue weighted by Crippen LogP contribution is 2.65. The zero-order valence-electron chi connectivity index (χ0n) is 19.5. The summed E-state index contributed by atoms with van der Waals surface area (Å²) in [6, 6.07) is 10.7. The Morgan fingerprint density at radius 1 is 1.11 bits per heavy atom. The predicted molar refractivity (Wildman–Crippen MR) is 126 cm³/mol. The Morgan fingerprint density at radius 2 is 1.78 bits per heavy atom. The van der Waals surface area contributed by atoms with Crippen molar-refractivity contribution in [3.8, 4) is 17.4 Å². The minimum absolute atomic E-state index is 0.0456. The molecule has 0 amide bonds. The fourth-order valence-electron chi connectivity index (χ4n) is 5.41. The summed E-state index contributed by atoms with van der Waals surface area (Å²) in [7, 11) is -3.80. The van der Waals surface area contributed by atoms with Gasteiger partial charge in [-0.15, -0.1) is 0 Å². The van der Waals surface area contributed by atoms with E-state index < -0.39 is 50.4 Å².